The molecule has 0 unspecified atom stereocenters. The van der Waals surface area contributed by atoms with Crippen LogP contribution in [0.1, 0.15) is 71.3 Å². The molecule has 1 aliphatic rings. The summed E-state index contributed by atoms with van der Waals surface area (Å²) < 4.78 is 5.80. The van der Waals surface area contributed by atoms with Gasteiger partial charge in [0.05, 0.1) is 31.0 Å². The lowest BCUT2D eigenvalue weighted by Gasteiger charge is -2.27. The Morgan fingerprint density at radius 1 is 0.833 bits per heavy atom. The number of hydrogen-bond donors (Lipinski definition) is 12. The summed E-state index contributed by atoms with van der Waals surface area (Å²) in [6.07, 6.45) is 3.54. The summed E-state index contributed by atoms with van der Waals surface area (Å²) in [5, 5.41) is 34.8. The minimum Gasteiger partial charge on any atom is -0.480 e. The molecule has 0 radical (unpaired) electrons. The fourth-order valence-electron chi connectivity index (χ4n) is 7.19. The predicted octanol–water partition coefficient (Wildman–Crippen LogP) is -2.01. The lowest BCUT2D eigenvalue weighted by molar-refractivity contribution is -0.144. The third kappa shape index (κ3) is 21.9. The van der Waals surface area contributed by atoms with E-state index in [0.29, 0.717) is 12.0 Å². The Balaban J connectivity index is 2.67. The first kappa shape index (κ1) is 60.3. The van der Waals surface area contributed by atoms with Crippen LogP contribution in [0.25, 0.3) is 0 Å². The van der Waals surface area contributed by atoms with Gasteiger partial charge in [0, 0.05) is 39.6 Å². The molecule has 0 aliphatic carbocycles. The Labute approximate surface area is 418 Å². The maximum Gasteiger partial charge on any atom is 0.326 e. The van der Waals surface area contributed by atoms with E-state index in [0.717, 1.165) is 10.5 Å². The van der Waals surface area contributed by atoms with Gasteiger partial charge in [-0.1, -0.05) is 74.6 Å². The highest BCUT2D eigenvalue weighted by molar-refractivity contribution is 5.99. The third-order valence-corrected chi connectivity index (χ3v) is 11.4. The van der Waals surface area contributed by atoms with Gasteiger partial charge in [-0.3, -0.25) is 43.5 Å². The number of likely N-dealkylation sites (N-methyl/N-ethyl adjacent to an activating group) is 1. The van der Waals surface area contributed by atoms with E-state index >= 15 is 0 Å². The summed E-state index contributed by atoms with van der Waals surface area (Å²) in [6.45, 7) is 8.02. The van der Waals surface area contributed by atoms with Crippen LogP contribution in [-0.4, -0.2) is 150 Å². The maximum absolute atomic E-state index is 14.3. The zero-order valence-electron chi connectivity index (χ0n) is 41.4. The average Bonchev–Trinajstić information content (AvgIpc) is 3.32. The van der Waals surface area contributed by atoms with Crippen LogP contribution in [0.15, 0.2) is 76.4 Å². The fourth-order valence-corrected chi connectivity index (χ4v) is 7.19. The van der Waals surface area contributed by atoms with Gasteiger partial charge in [0.1, 0.15) is 29.9 Å². The summed E-state index contributed by atoms with van der Waals surface area (Å²) >= 11 is 0. The van der Waals surface area contributed by atoms with Crippen LogP contribution >= 0.6 is 0 Å². The number of guanidine groups is 2. The summed E-state index contributed by atoms with van der Waals surface area (Å²) in [4.78, 5) is 128. The summed E-state index contributed by atoms with van der Waals surface area (Å²) in [5.41, 5.74) is 23.1. The van der Waals surface area contributed by atoms with Gasteiger partial charge >= 0.3 is 11.9 Å². The maximum atomic E-state index is 14.3. The number of nitrogens with zero attached hydrogens (tertiary/aromatic N) is 3. The zero-order valence-corrected chi connectivity index (χ0v) is 41.4. The molecule has 2 rings (SSSR count). The smallest absolute Gasteiger partial charge is 0.326 e. The highest BCUT2D eigenvalue weighted by Gasteiger charge is 2.33. The van der Waals surface area contributed by atoms with Gasteiger partial charge in [-0.05, 0) is 51.0 Å². The molecular weight excluding hydrogens is 939 g/mol. The molecule has 1 aromatic carbocycles. The number of nitrogens with two attached hydrogens (primary N) is 4. The molecule has 0 aromatic heterocycles. The molecule has 72 heavy (non-hydrogen) atoms. The van der Waals surface area contributed by atoms with Gasteiger partial charge in [0.2, 0.25) is 35.4 Å². The second-order valence-corrected chi connectivity index (χ2v) is 17.2. The Kier molecular flexibility index (Phi) is 25.7. The molecule has 25 heteroatoms. The van der Waals surface area contributed by atoms with E-state index in [1.807, 2.05) is 43.3 Å². The van der Waals surface area contributed by atoms with Crippen molar-refractivity contribution in [3.05, 3.63) is 72.0 Å². The topological polar surface area (TPSA) is 408 Å². The van der Waals surface area contributed by atoms with Gasteiger partial charge < -0.3 is 74.7 Å². The van der Waals surface area contributed by atoms with Crippen molar-refractivity contribution in [3.63, 3.8) is 0 Å². The van der Waals surface area contributed by atoms with Crippen LogP contribution in [0.5, 0.6) is 0 Å². The van der Waals surface area contributed by atoms with E-state index < -0.39 is 121 Å². The number of ether oxygens (including phenoxy) is 1. The van der Waals surface area contributed by atoms with Crippen LogP contribution in [0.4, 0.5) is 0 Å². The third-order valence-electron chi connectivity index (χ3n) is 11.4. The molecule has 7 amide bonds. The quantitative estimate of drug-likeness (QED) is 0.0264. The number of aliphatic imine (C=N–C) groups is 2. The number of hydrogen-bond acceptors (Lipinski definition) is 12. The number of carboxylic acids is 2. The number of rotatable bonds is 17. The Bertz CT molecular complexity index is 2210. The molecule has 1 fully saturated rings. The molecule has 8 atom stereocenters. The van der Waals surface area contributed by atoms with Crippen LogP contribution in [0, 0.1) is 11.8 Å². The van der Waals surface area contributed by atoms with Crippen molar-refractivity contribution in [1.29, 1.82) is 0 Å². The Morgan fingerprint density at radius 3 is 1.92 bits per heavy atom. The van der Waals surface area contributed by atoms with Gasteiger partial charge in [0.15, 0.2) is 11.9 Å². The number of allylic oxidation sites excluding steroid dienone is 2. The number of methoxy groups -OCH3 is 1. The lowest BCUT2D eigenvalue weighted by atomic mass is 9.94. The van der Waals surface area contributed by atoms with Crippen LogP contribution < -0.4 is 54.8 Å². The van der Waals surface area contributed by atoms with Crippen LogP contribution in [0.3, 0.4) is 0 Å². The number of carbonyl (C=O) groups excluding carboxylic acids is 7. The van der Waals surface area contributed by atoms with Gasteiger partial charge in [0.25, 0.3) is 5.91 Å². The molecule has 0 spiro atoms. The molecule has 1 aliphatic heterocycles. The largest absolute Gasteiger partial charge is 0.480 e. The second-order valence-electron chi connectivity index (χ2n) is 17.2. The van der Waals surface area contributed by atoms with Crippen LogP contribution in [-0.2, 0) is 54.3 Å². The van der Waals surface area contributed by atoms with E-state index in [1.54, 1.807) is 20.1 Å². The Hall–Kier alpha value is -7.83. The Morgan fingerprint density at radius 2 is 1.38 bits per heavy atom. The molecular formula is C47H71N13O12. The predicted molar refractivity (Wildman–Crippen MR) is 266 cm³/mol. The van der Waals surface area contributed by atoms with Gasteiger partial charge in [-0.15, -0.1) is 0 Å². The van der Waals surface area contributed by atoms with Gasteiger partial charge in [-0.2, -0.15) is 0 Å². The number of benzene rings is 1. The monoisotopic (exact) mass is 1010 g/mol. The normalized spacial score (nSPS) is 22.8. The van der Waals surface area contributed by atoms with Crippen molar-refractivity contribution >= 4 is 65.2 Å². The van der Waals surface area contributed by atoms with E-state index in [9.17, 15) is 53.4 Å². The minimum absolute atomic E-state index is 0.00266. The van der Waals surface area contributed by atoms with Crippen molar-refractivity contribution in [2.75, 3.05) is 33.8 Å². The molecule has 0 bridgehead atoms. The van der Waals surface area contributed by atoms with Crippen molar-refractivity contribution in [1.82, 2.24) is 36.8 Å². The van der Waals surface area contributed by atoms with Crippen molar-refractivity contribution in [2.24, 2.45) is 44.8 Å². The summed E-state index contributed by atoms with van der Waals surface area (Å²) in [5.74, 6) is -11.5. The fraction of sp³-hybridized carbons (Fsp3) is 0.511. The number of aliphatic carboxylic acids is 2. The summed E-state index contributed by atoms with van der Waals surface area (Å²) in [7, 11) is 2.79. The van der Waals surface area contributed by atoms with Gasteiger partial charge in [-0.25, -0.2) is 9.59 Å². The highest BCUT2D eigenvalue weighted by Crippen LogP contribution is 2.18. The number of carboxylic acid groups (broad SMARTS) is 2. The molecule has 1 aromatic rings. The van der Waals surface area contributed by atoms with E-state index in [4.69, 9.17) is 27.7 Å². The molecule has 396 valence electrons. The van der Waals surface area contributed by atoms with Crippen molar-refractivity contribution in [3.8, 4) is 0 Å². The van der Waals surface area contributed by atoms with E-state index in [1.165, 1.54) is 20.0 Å². The first-order valence-electron chi connectivity index (χ1n) is 23.2. The minimum atomic E-state index is -1.91. The summed E-state index contributed by atoms with van der Waals surface area (Å²) in [6, 6.07) is 2.12. The first-order chi connectivity index (χ1) is 33.9. The molecule has 1 saturated heterocycles. The number of amides is 7. The van der Waals surface area contributed by atoms with Crippen molar-refractivity contribution in [2.45, 2.75) is 108 Å². The average molecular weight is 1010 g/mol. The molecule has 16 N–H and O–H groups in total. The van der Waals surface area contributed by atoms with Crippen LogP contribution in [0.2, 0.25) is 0 Å². The van der Waals surface area contributed by atoms with E-state index in [-0.39, 0.29) is 62.7 Å². The first-order valence-corrected chi connectivity index (χ1v) is 23.2. The SMILES string of the molecule is C=C1C(=O)NCC(=O)N[C@@H](CCCN=C(N)N)C(=O)N[C@@H](C(=O)O)CC(=O)N[C@@H](CCCN=C(N)N)C(=O)N[C@@H](/C=C/C(C)=C/[C@H](C)[C@H](Cc2ccccc2)OC)[C@H](C)C(=O)N[C@@H](C(=O)O)CCC(=O)N1C. The molecule has 0 saturated carbocycles. The molecule has 1 heterocycles. The van der Waals surface area contributed by atoms with E-state index in [2.05, 4.69) is 48.5 Å². The zero-order chi connectivity index (χ0) is 54.1. The lowest BCUT2D eigenvalue weighted by Crippen LogP contribution is -2.55. The highest BCUT2D eigenvalue weighted by atomic mass is 16.5. The molecule has 25 nitrogen and oxygen atoms in total. The number of nitrogens with one attached hydrogen (secondary N) is 6. The van der Waals surface area contributed by atoms with Crippen molar-refractivity contribution < 1.29 is 58.1 Å². The number of carbonyl (C=O) groups is 9. The second kappa shape index (κ2) is 30.7. The standard InChI is InChI=1S/C47H71N13O12/c1-26(22-27(2)36(72-6)23-30-12-8-7-9-13-30)16-17-31-28(3)40(64)58-34(44(68)69)18-19-39(63)60(5)29(4)41(65)54-25-38(62)56-33(15-11-21-53-47(50)51)43(67)59-35(45(70)71)24-37(61)55-32(42(66)57-31)14-10-20-52-46(48)49/h7-9,12-13,16-17,22,27-28,31-36H,4,10-11,14-15,18-21,23-25H2,1-3,5-6H3,(H,54,65)(H,55,61)(H,56,62)(H,57,66)(H,58,64)(H,59,67)(H,68,69)(H,70,71)(H4,48,49,52)(H4,50,51,53)/b17-16+,26-22+/t27-,28-,31-,32-,33-,34+,35+,36-/m0/s1.